The minimum atomic E-state index is -0.219. The van der Waals surface area contributed by atoms with E-state index in [-0.39, 0.29) is 24.1 Å². The number of rotatable bonds is 7. The lowest BCUT2D eigenvalue weighted by atomic mass is 10.00. The van der Waals surface area contributed by atoms with Crippen LogP contribution in [0.2, 0.25) is 0 Å². The van der Waals surface area contributed by atoms with Crippen LogP contribution < -0.4 is 10.9 Å². The van der Waals surface area contributed by atoms with Crippen LogP contribution in [0, 0.1) is 0 Å². The third-order valence-electron chi connectivity index (χ3n) is 6.22. The molecule has 0 saturated carbocycles. The molecule has 0 aliphatic carbocycles. The molecule has 5 rings (SSSR count). The number of amides is 1. The summed E-state index contributed by atoms with van der Waals surface area (Å²) in [5, 5.41) is 8.71. The smallest absolute Gasteiger partial charge is 0.263 e. The van der Waals surface area contributed by atoms with E-state index in [1.807, 2.05) is 98.0 Å². The highest BCUT2D eigenvalue weighted by Gasteiger charge is 2.25. The van der Waals surface area contributed by atoms with Crippen LogP contribution in [0.5, 0.6) is 0 Å². The zero-order valence-corrected chi connectivity index (χ0v) is 19.5. The molecule has 0 spiro atoms. The summed E-state index contributed by atoms with van der Waals surface area (Å²) in [5.74, 6) is -0.219. The van der Waals surface area contributed by atoms with E-state index in [0.717, 1.165) is 12.0 Å². The van der Waals surface area contributed by atoms with Crippen LogP contribution in [0.25, 0.3) is 16.5 Å². The molecule has 3 aromatic carbocycles. The fourth-order valence-corrected chi connectivity index (χ4v) is 4.54. The molecule has 35 heavy (non-hydrogen) atoms. The molecule has 2 heterocycles. The normalized spacial score (nSPS) is 11.9. The number of hydrogen-bond acceptors (Lipinski definition) is 3. The van der Waals surface area contributed by atoms with Crippen molar-refractivity contribution in [3.63, 3.8) is 0 Å². The largest absolute Gasteiger partial charge is 0.345 e. The van der Waals surface area contributed by atoms with Crippen molar-refractivity contribution in [1.82, 2.24) is 19.7 Å². The second kappa shape index (κ2) is 9.81. The molecular formula is C29H26N4O2. The quantitative estimate of drug-likeness (QED) is 0.365. The first kappa shape index (κ1) is 22.3. The molecule has 2 aromatic heterocycles. The zero-order valence-electron chi connectivity index (χ0n) is 19.5. The summed E-state index contributed by atoms with van der Waals surface area (Å²) in [6.07, 6.45) is 4.25. The van der Waals surface area contributed by atoms with Gasteiger partial charge in [-0.3, -0.25) is 18.8 Å². The molecule has 6 heteroatoms. The fraction of sp³-hybridized carbons (Fsp3) is 0.138. The number of carbonyl (C=O) groups excluding carboxylic acids is 1. The summed E-state index contributed by atoms with van der Waals surface area (Å²) in [7, 11) is 0. The number of fused-ring (bicyclic) bond motifs is 1. The molecule has 0 bridgehead atoms. The SMILES string of the molecule is CC[C@H](NC(=O)c1c(Cn2cccn2)n(-c2ccccc2)c(=O)c2ccccc12)c1ccccc1. The van der Waals surface area contributed by atoms with Crippen molar-refractivity contribution in [3.8, 4) is 5.69 Å². The van der Waals surface area contributed by atoms with Gasteiger partial charge in [-0.2, -0.15) is 5.10 Å². The van der Waals surface area contributed by atoms with Crippen LogP contribution >= 0.6 is 0 Å². The molecule has 1 atom stereocenters. The lowest BCUT2D eigenvalue weighted by molar-refractivity contribution is 0.0935. The summed E-state index contributed by atoms with van der Waals surface area (Å²) < 4.78 is 3.37. The summed E-state index contributed by atoms with van der Waals surface area (Å²) in [6.45, 7) is 2.32. The number of hydrogen-bond donors (Lipinski definition) is 1. The maximum Gasteiger partial charge on any atom is 0.263 e. The summed E-state index contributed by atoms with van der Waals surface area (Å²) in [6, 6.07) is 28.3. The number of aromatic nitrogens is 3. The number of pyridine rings is 1. The van der Waals surface area contributed by atoms with Crippen LogP contribution in [0.3, 0.4) is 0 Å². The van der Waals surface area contributed by atoms with Gasteiger partial charge in [0, 0.05) is 28.9 Å². The molecule has 0 aliphatic rings. The average molecular weight is 463 g/mol. The predicted octanol–water partition coefficient (Wildman–Crippen LogP) is 5.12. The van der Waals surface area contributed by atoms with E-state index >= 15 is 0 Å². The average Bonchev–Trinajstić information content (AvgIpc) is 3.42. The standard InChI is InChI=1S/C29H26N4O2/c1-2-25(21-12-5-3-6-13-21)31-28(34)27-23-16-9-10-17-24(23)29(35)33(22-14-7-4-8-15-22)26(27)20-32-19-11-18-30-32/h3-19,25H,2,20H2,1H3,(H,31,34)/t25-/m0/s1. The van der Waals surface area contributed by atoms with E-state index in [9.17, 15) is 9.59 Å². The van der Waals surface area contributed by atoms with Crippen molar-refractivity contribution in [1.29, 1.82) is 0 Å². The fourth-order valence-electron chi connectivity index (χ4n) is 4.54. The van der Waals surface area contributed by atoms with Gasteiger partial charge in [0.1, 0.15) is 0 Å². The summed E-state index contributed by atoms with van der Waals surface area (Å²) in [4.78, 5) is 27.7. The van der Waals surface area contributed by atoms with E-state index in [1.165, 1.54) is 0 Å². The first-order valence-electron chi connectivity index (χ1n) is 11.7. The molecular weight excluding hydrogens is 436 g/mol. The number of nitrogens with one attached hydrogen (secondary N) is 1. The summed E-state index contributed by atoms with van der Waals surface area (Å²) >= 11 is 0. The van der Waals surface area contributed by atoms with Crippen molar-refractivity contribution in [2.24, 2.45) is 0 Å². The first-order chi connectivity index (χ1) is 17.2. The van der Waals surface area contributed by atoms with E-state index < -0.39 is 0 Å². The maximum absolute atomic E-state index is 14.0. The van der Waals surface area contributed by atoms with Gasteiger partial charge in [0.15, 0.2) is 0 Å². The van der Waals surface area contributed by atoms with Gasteiger partial charge in [-0.25, -0.2) is 0 Å². The highest BCUT2D eigenvalue weighted by Crippen LogP contribution is 2.25. The van der Waals surface area contributed by atoms with Gasteiger partial charge in [0.05, 0.1) is 23.8 Å². The lowest BCUT2D eigenvalue weighted by Crippen LogP contribution is -2.33. The van der Waals surface area contributed by atoms with E-state index in [2.05, 4.69) is 10.4 Å². The molecule has 0 fully saturated rings. The van der Waals surface area contributed by atoms with E-state index in [1.54, 1.807) is 21.5 Å². The highest BCUT2D eigenvalue weighted by molar-refractivity contribution is 6.08. The first-order valence-corrected chi connectivity index (χ1v) is 11.7. The van der Waals surface area contributed by atoms with Crippen molar-refractivity contribution in [3.05, 3.63) is 131 Å². The van der Waals surface area contributed by atoms with Crippen LogP contribution in [-0.4, -0.2) is 20.3 Å². The third-order valence-corrected chi connectivity index (χ3v) is 6.22. The van der Waals surface area contributed by atoms with Crippen LogP contribution in [0.15, 0.2) is 108 Å². The monoisotopic (exact) mass is 462 g/mol. The Morgan fingerprint density at radius 2 is 1.54 bits per heavy atom. The van der Waals surface area contributed by atoms with Crippen LogP contribution in [0.4, 0.5) is 0 Å². The molecule has 0 aliphatic heterocycles. The number of nitrogens with zero attached hydrogens (tertiary/aromatic N) is 3. The van der Waals surface area contributed by atoms with Crippen molar-refractivity contribution in [2.45, 2.75) is 25.9 Å². The number of benzene rings is 3. The molecule has 0 saturated heterocycles. The van der Waals surface area contributed by atoms with Gasteiger partial charge in [0.2, 0.25) is 0 Å². The predicted molar refractivity (Wildman–Crippen MR) is 138 cm³/mol. The topological polar surface area (TPSA) is 68.9 Å². The van der Waals surface area contributed by atoms with Gasteiger partial charge in [0.25, 0.3) is 11.5 Å². The van der Waals surface area contributed by atoms with Gasteiger partial charge in [-0.05, 0) is 36.2 Å². The Hall–Kier alpha value is -4.45. The Bertz CT molecular complexity index is 1510. The van der Waals surface area contributed by atoms with E-state index in [4.69, 9.17) is 0 Å². The van der Waals surface area contributed by atoms with Crippen molar-refractivity contribution >= 4 is 16.7 Å². The second-order valence-electron chi connectivity index (χ2n) is 8.39. The highest BCUT2D eigenvalue weighted by atomic mass is 16.2. The Labute approximate surface area is 203 Å². The van der Waals surface area contributed by atoms with Gasteiger partial charge < -0.3 is 5.32 Å². The Balaban J connectivity index is 1.74. The molecule has 0 unspecified atom stereocenters. The maximum atomic E-state index is 14.0. The Morgan fingerprint density at radius 1 is 0.886 bits per heavy atom. The minimum Gasteiger partial charge on any atom is -0.345 e. The molecule has 6 nitrogen and oxygen atoms in total. The van der Waals surface area contributed by atoms with Crippen LogP contribution in [-0.2, 0) is 6.54 Å². The van der Waals surface area contributed by atoms with Gasteiger partial charge >= 0.3 is 0 Å². The van der Waals surface area contributed by atoms with Gasteiger partial charge in [-0.15, -0.1) is 0 Å². The third kappa shape index (κ3) is 4.38. The number of para-hydroxylation sites is 1. The Kier molecular flexibility index (Phi) is 6.26. The molecule has 0 radical (unpaired) electrons. The van der Waals surface area contributed by atoms with E-state index in [0.29, 0.717) is 27.7 Å². The molecule has 1 amide bonds. The number of carbonyl (C=O) groups is 1. The van der Waals surface area contributed by atoms with Gasteiger partial charge in [-0.1, -0.05) is 73.7 Å². The zero-order chi connectivity index (χ0) is 24.2. The second-order valence-corrected chi connectivity index (χ2v) is 8.39. The van der Waals surface area contributed by atoms with Crippen molar-refractivity contribution < 1.29 is 4.79 Å². The summed E-state index contributed by atoms with van der Waals surface area (Å²) in [5.41, 5.74) is 2.64. The molecule has 1 N–H and O–H groups in total. The lowest BCUT2D eigenvalue weighted by Gasteiger charge is -2.22. The Morgan fingerprint density at radius 3 is 2.20 bits per heavy atom. The minimum absolute atomic E-state index is 0.155. The molecule has 5 aromatic rings. The van der Waals surface area contributed by atoms with Crippen LogP contribution in [0.1, 0.15) is 41.0 Å². The molecule has 174 valence electrons. The van der Waals surface area contributed by atoms with Crippen molar-refractivity contribution in [2.75, 3.05) is 0 Å².